The minimum Gasteiger partial charge on any atom is -0.444 e. The van der Waals surface area contributed by atoms with Crippen LogP contribution in [0.2, 0.25) is 0 Å². The predicted octanol–water partition coefficient (Wildman–Crippen LogP) is 4.47. The van der Waals surface area contributed by atoms with Gasteiger partial charge in [0.2, 0.25) is 0 Å². The molecule has 0 saturated carbocycles. The number of pyridine rings is 1. The van der Waals surface area contributed by atoms with Gasteiger partial charge in [-0.1, -0.05) is 30.3 Å². The summed E-state index contributed by atoms with van der Waals surface area (Å²) in [6.07, 6.45) is 3.20. The minimum absolute atomic E-state index is 0.479. The Balaban J connectivity index is 1.73. The third-order valence-corrected chi connectivity index (χ3v) is 3.20. The Bertz CT molecular complexity index is 634. The lowest BCUT2D eigenvalue weighted by Crippen LogP contribution is -2.27. The summed E-state index contributed by atoms with van der Waals surface area (Å²) in [6, 6.07) is 14.1. The van der Waals surface area contributed by atoms with Gasteiger partial charge in [-0.2, -0.15) is 0 Å². The molecule has 5 nitrogen and oxygen atoms in total. The Kier molecular flexibility index (Phi) is 6.18. The molecule has 1 amide bonds. The van der Waals surface area contributed by atoms with Gasteiger partial charge in [0.15, 0.2) is 0 Å². The van der Waals surface area contributed by atoms with Crippen LogP contribution < -0.4 is 10.6 Å². The van der Waals surface area contributed by atoms with E-state index in [4.69, 9.17) is 4.74 Å². The SMILES string of the molecule is CC(C)(C)OC(=O)Nc1ccc(NCCCc2ccccc2)nc1. The number of nitrogens with one attached hydrogen (secondary N) is 2. The number of hydrogen-bond donors (Lipinski definition) is 2. The third kappa shape index (κ3) is 6.69. The molecular formula is C19H25N3O2. The summed E-state index contributed by atoms with van der Waals surface area (Å²) in [5.41, 5.74) is 1.43. The second-order valence-corrected chi connectivity index (χ2v) is 6.57. The number of carbonyl (C=O) groups excluding carboxylic acids is 1. The van der Waals surface area contributed by atoms with E-state index in [0.29, 0.717) is 5.69 Å². The molecule has 0 aliphatic rings. The van der Waals surface area contributed by atoms with Crippen LogP contribution in [0.15, 0.2) is 48.7 Å². The zero-order valence-corrected chi connectivity index (χ0v) is 14.5. The molecule has 128 valence electrons. The van der Waals surface area contributed by atoms with E-state index >= 15 is 0 Å². The largest absolute Gasteiger partial charge is 0.444 e. The molecule has 0 unspecified atom stereocenters. The number of amides is 1. The molecule has 24 heavy (non-hydrogen) atoms. The Morgan fingerprint density at radius 3 is 2.50 bits per heavy atom. The van der Waals surface area contributed by atoms with Gasteiger partial charge in [0.25, 0.3) is 0 Å². The molecule has 0 aliphatic carbocycles. The smallest absolute Gasteiger partial charge is 0.412 e. The molecule has 0 aliphatic heterocycles. The topological polar surface area (TPSA) is 63.2 Å². The van der Waals surface area contributed by atoms with E-state index in [9.17, 15) is 4.79 Å². The standard InChI is InChI=1S/C19H25N3O2/c1-19(2,3)24-18(23)22-16-11-12-17(21-14-16)20-13-7-10-15-8-5-4-6-9-15/h4-6,8-9,11-12,14H,7,10,13H2,1-3H3,(H,20,21)(H,22,23). The summed E-state index contributed by atoms with van der Waals surface area (Å²) >= 11 is 0. The zero-order valence-electron chi connectivity index (χ0n) is 14.5. The van der Waals surface area contributed by atoms with Crippen LogP contribution in [-0.4, -0.2) is 23.2 Å². The van der Waals surface area contributed by atoms with Crippen LogP contribution >= 0.6 is 0 Å². The highest BCUT2D eigenvalue weighted by Gasteiger charge is 2.16. The fourth-order valence-corrected chi connectivity index (χ4v) is 2.15. The monoisotopic (exact) mass is 327 g/mol. The lowest BCUT2D eigenvalue weighted by atomic mass is 10.1. The van der Waals surface area contributed by atoms with Crippen molar-refractivity contribution in [2.24, 2.45) is 0 Å². The molecule has 2 rings (SSSR count). The first-order valence-corrected chi connectivity index (χ1v) is 8.16. The maximum atomic E-state index is 11.7. The van der Waals surface area contributed by atoms with Gasteiger partial charge in [-0.05, 0) is 51.3 Å². The summed E-state index contributed by atoms with van der Waals surface area (Å²) < 4.78 is 5.20. The average molecular weight is 327 g/mol. The maximum Gasteiger partial charge on any atom is 0.412 e. The van der Waals surface area contributed by atoms with E-state index in [0.717, 1.165) is 25.2 Å². The van der Waals surface area contributed by atoms with E-state index in [-0.39, 0.29) is 0 Å². The molecule has 0 saturated heterocycles. The van der Waals surface area contributed by atoms with Crippen molar-refractivity contribution in [2.75, 3.05) is 17.2 Å². The molecule has 0 radical (unpaired) electrons. The molecule has 5 heteroatoms. The highest BCUT2D eigenvalue weighted by Crippen LogP contribution is 2.13. The molecule has 1 aromatic carbocycles. The van der Waals surface area contributed by atoms with E-state index < -0.39 is 11.7 Å². The van der Waals surface area contributed by atoms with Gasteiger partial charge >= 0.3 is 6.09 Å². The molecule has 2 aromatic rings. The Morgan fingerprint density at radius 2 is 1.88 bits per heavy atom. The van der Waals surface area contributed by atoms with Gasteiger partial charge in [0, 0.05) is 6.54 Å². The molecule has 1 aromatic heterocycles. The highest BCUT2D eigenvalue weighted by atomic mass is 16.6. The number of anilines is 2. The van der Waals surface area contributed by atoms with Gasteiger partial charge in [-0.15, -0.1) is 0 Å². The molecular weight excluding hydrogens is 302 g/mol. The second kappa shape index (κ2) is 8.34. The molecule has 0 fully saturated rings. The maximum absolute atomic E-state index is 11.7. The van der Waals surface area contributed by atoms with Crippen molar-refractivity contribution in [1.29, 1.82) is 0 Å². The quantitative estimate of drug-likeness (QED) is 0.768. The average Bonchev–Trinajstić information content (AvgIpc) is 2.52. The summed E-state index contributed by atoms with van der Waals surface area (Å²) in [5.74, 6) is 0.790. The number of benzene rings is 1. The summed E-state index contributed by atoms with van der Waals surface area (Å²) in [7, 11) is 0. The van der Waals surface area contributed by atoms with Crippen LogP contribution in [0.5, 0.6) is 0 Å². The van der Waals surface area contributed by atoms with Gasteiger partial charge in [0.05, 0.1) is 11.9 Å². The van der Waals surface area contributed by atoms with Crippen LogP contribution in [0.1, 0.15) is 32.8 Å². The highest BCUT2D eigenvalue weighted by molar-refractivity contribution is 5.84. The summed E-state index contributed by atoms with van der Waals surface area (Å²) in [4.78, 5) is 16.0. The third-order valence-electron chi connectivity index (χ3n) is 3.20. The number of hydrogen-bond acceptors (Lipinski definition) is 4. The van der Waals surface area contributed by atoms with Crippen molar-refractivity contribution in [2.45, 2.75) is 39.2 Å². The number of rotatable bonds is 6. The first-order chi connectivity index (χ1) is 11.4. The van der Waals surface area contributed by atoms with Gasteiger partial charge in [-0.3, -0.25) is 5.32 Å². The molecule has 0 atom stereocenters. The van der Waals surface area contributed by atoms with Crippen molar-refractivity contribution >= 4 is 17.6 Å². The predicted molar refractivity (Wildman–Crippen MR) is 97.3 cm³/mol. The number of aryl methyl sites for hydroxylation is 1. The van der Waals surface area contributed by atoms with Crippen molar-refractivity contribution in [3.63, 3.8) is 0 Å². The Labute approximate surface area is 143 Å². The summed E-state index contributed by atoms with van der Waals surface area (Å²) in [6.45, 7) is 6.33. The number of nitrogens with zero attached hydrogens (tertiary/aromatic N) is 1. The molecule has 0 bridgehead atoms. The molecule has 2 N–H and O–H groups in total. The molecule has 1 heterocycles. The van der Waals surface area contributed by atoms with E-state index in [1.807, 2.05) is 32.9 Å². The second-order valence-electron chi connectivity index (χ2n) is 6.57. The van der Waals surface area contributed by atoms with Crippen molar-refractivity contribution in [3.05, 3.63) is 54.2 Å². The van der Waals surface area contributed by atoms with Crippen LogP contribution in [0.25, 0.3) is 0 Å². The molecule has 0 spiro atoms. The van der Waals surface area contributed by atoms with Crippen LogP contribution in [0, 0.1) is 0 Å². The number of ether oxygens (including phenoxy) is 1. The van der Waals surface area contributed by atoms with Crippen molar-refractivity contribution < 1.29 is 9.53 Å². The number of aromatic nitrogens is 1. The fraction of sp³-hybridized carbons (Fsp3) is 0.368. The van der Waals surface area contributed by atoms with Crippen LogP contribution in [-0.2, 0) is 11.2 Å². The first kappa shape index (κ1) is 17.8. The normalized spacial score (nSPS) is 11.0. The van der Waals surface area contributed by atoms with Crippen molar-refractivity contribution in [3.8, 4) is 0 Å². The van der Waals surface area contributed by atoms with E-state index in [2.05, 4.69) is 39.9 Å². The van der Waals surface area contributed by atoms with Crippen LogP contribution in [0.3, 0.4) is 0 Å². The summed E-state index contributed by atoms with van der Waals surface area (Å²) in [5, 5.41) is 5.94. The minimum atomic E-state index is -0.516. The first-order valence-electron chi connectivity index (χ1n) is 8.16. The number of carbonyl (C=O) groups is 1. The van der Waals surface area contributed by atoms with Gasteiger partial charge in [0.1, 0.15) is 11.4 Å². The lowest BCUT2D eigenvalue weighted by molar-refractivity contribution is 0.0636. The fourth-order valence-electron chi connectivity index (χ4n) is 2.15. The zero-order chi connectivity index (χ0) is 17.4. The van der Waals surface area contributed by atoms with Crippen LogP contribution in [0.4, 0.5) is 16.3 Å². The van der Waals surface area contributed by atoms with Crippen molar-refractivity contribution in [1.82, 2.24) is 4.98 Å². The van der Waals surface area contributed by atoms with Gasteiger partial charge < -0.3 is 10.1 Å². The van der Waals surface area contributed by atoms with E-state index in [1.165, 1.54) is 5.56 Å². The van der Waals surface area contributed by atoms with Gasteiger partial charge in [-0.25, -0.2) is 9.78 Å². The Hall–Kier alpha value is -2.56. The van der Waals surface area contributed by atoms with E-state index in [1.54, 1.807) is 12.3 Å². The Morgan fingerprint density at radius 1 is 1.12 bits per heavy atom. The lowest BCUT2D eigenvalue weighted by Gasteiger charge is -2.19.